The average molecular weight is 395 g/mol. The van der Waals surface area contributed by atoms with Gasteiger partial charge in [-0.3, -0.25) is 4.79 Å². The van der Waals surface area contributed by atoms with Gasteiger partial charge in [-0.25, -0.2) is 15.0 Å². The van der Waals surface area contributed by atoms with Crippen LogP contribution in [0.1, 0.15) is 33.8 Å². The third-order valence-electron chi connectivity index (χ3n) is 4.66. The highest BCUT2D eigenvalue weighted by atomic mass is 16.5. The second kappa shape index (κ2) is 8.38. The van der Waals surface area contributed by atoms with Crippen molar-refractivity contribution in [3.8, 4) is 0 Å². The highest BCUT2D eigenvalue weighted by Gasteiger charge is 2.23. The van der Waals surface area contributed by atoms with Gasteiger partial charge in [-0.05, 0) is 31.2 Å². The summed E-state index contributed by atoms with van der Waals surface area (Å²) >= 11 is 0. The number of carbonyl (C=O) groups excluding carboxylic acids is 1. The fraction of sp³-hybridized carbons (Fsp3) is 0.300. The molecule has 4 rings (SSSR count). The number of carbonyl (C=O) groups is 1. The fourth-order valence-corrected chi connectivity index (χ4v) is 3.11. The van der Waals surface area contributed by atoms with Gasteiger partial charge in [0.1, 0.15) is 12.1 Å². The molecule has 1 aliphatic heterocycles. The third-order valence-corrected chi connectivity index (χ3v) is 4.66. The van der Waals surface area contributed by atoms with Crippen LogP contribution in [-0.2, 0) is 4.74 Å². The van der Waals surface area contributed by atoms with Gasteiger partial charge in [-0.2, -0.15) is 0 Å². The van der Waals surface area contributed by atoms with Crippen LogP contribution in [0.4, 0.5) is 11.4 Å². The number of aromatic nitrogens is 3. The molecule has 1 fully saturated rings. The summed E-state index contributed by atoms with van der Waals surface area (Å²) in [5.41, 5.74) is 2.28. The number of morpholine rings is 1. The van der Waals surface area contributed by atoms with Gasteiger partial charge < -0.3 is 24.5 Å². The Kier molecular flexibility index (Phi) is 5.50. The summed E-state index contributed by atoms with van der Waals surface area (Å²) in [6.45, 7) is 4.75. The number of rotatable bonds is 5. The molecule has 150 valence electrons. The van der Waals surface area contributed by atoms with E-state index in [4.69, 9.17) is 9.15 Å². The van der Waals surface area contributed by atoms with Gasteiger partial charge in [0.05, 0.1) is 13.2 Å². The molecule has 29 heavy (non-hydrogen) atoms. The van der Waals surface area contributed by atoms with E-state index in [0.29, 0.717) is 30.2 Å². The molecular weight excluding hydrogens is 374 g/mol. The van der Waals surface area contributed by atoms with Crippen LogP contribution >= 0.6 is 0 Å². The van der Waals surface area contributed by atoms with E-state index in [0.717, 1.165) is 18.8 Å². The zero-order valence-electron chi connectivity index (χ0n) is 15.9. The second-order valence-electron chi connectivity index (χ2n) is 6.63. The summed E-state index contributed by atoms with van der Waals surface area (Å²) < 4.78 is 10.9. The molecule has 2 N–H and O–H groups in total. The first-order chi connectivity index (χ1) is 14.1. The van der Waals surface area contributed by atoms with Crippen LogP contribution in [0, 0.1) is 6.92 Å². The number of oxazole rings is 1. The van der Waals surface area contributed by atoms with Crippen molar-refractivity contribution in [1.82, 2.24) is 15.0 Å². The normalized spacial score (nSPS) is 15.2. The van der Waals surface area contributed by atoms with E-state index in [1.807, 2.05) is 24.3 Å². The van der Waals surface area contributed by atoms with Crippen LogP contribution in [0.25, 0.3) is 0 Å². The molecule has 1 unspecified atom stereocenters. The molecule has 0 aliphatic carbocycles. The first-order valence-corrected chi connectivity index (χ1v) is 9.26. The van der Waals surface area contributed by atoms with Crippen molar-refractivity contribution in [2.45, 2.75) is 13.0 Å². The summed E-state index contributed by atoms with van der Waals surface area (Å²) in [5, 5.41) is 13.2. The molecule has 0 bridgehead atoms. The quantitative estimate of drug-likeness (QED) is 0.674. The zero-order valence-corrected chi connectivity index (χ0v) is 15.9. The van der Waals surface area contributed by atoms with Gasteiger partial charge in [-0.1, -0.05) is 0 Å². The van der Waals surface area contributed by atoms with Gasteiger partial charge in [0, 0.05) is 42.4 Å². The molecule has 0 radical (unpaired) electrons. The number of nitrogens with one attached hydrogen (secondary N) is 1. The number of aryl methyl sites for hydroxylation is 1. The van der Waals surface area contributed by atoms with E-state index in [2.05, 4.69) is 25.2 Å². The molecule has 3 aromatic rings. The summed E-state index contributed by atoms with van der Waals surface area (Å²) in [7, 11) is 0. The number of hydrogen-bond donors (Lipinski definition) is 2. The van der Waals surface area contributed by atoms with E-state index in [1.165, 1.54) is 18.7 Å². The highest BCUT2D eigenvalue weighted by molar-refractivity contribution is 6.03. The number of amides is 1. The molecule has 3 heterocycles. The molecule has 1 aromatic carbocycles. The third kappa shape index (κ3) is 4.25. The monoisotopic (exact) mass is 395 g/mol. The largest absolute Gasteiger partial charge is 0.442 e. The maximum Gasteiger partial charge on any atom is 0.277 e. The van der Waals surface area contributed by atoms with Gasteiger partial charge in [0.25, 0.3) is 5.91 Å². The number of aliphatic hydroxyl groups excluding tert-OH is 1. The lowest BCUT2D eigenvalue weighted by Crippen LogP contribution is -2.36. The molecular formula is C20H21N5O4. The molecule has 0 spiro atoms. The van der Waals surface area contributed by atoms with Gasteiger partial charge in [0.15, 0.2) is 11.8 Å². The lowest BCUT2D eigenvalue weighted by Gasteiger charge is -2.28. The van der Waals surface area contributed by atoms with Crippen molar-refractivity contribution in [3.63, 3.8) is 0 Å². The van der Waals surface area contributed by atoms with Gasteiger partial charge in [-0.15, -0.1) is 0 Å². The van der Waals surface area contributed by atoms with E-state index in [9.17, 15) is 9.90 Å². The summed E-state index contributed by atoms with van der Waals surface area (Å²) in [6, 6.07) is 7.60. The molecule has 2 aromatic heterocycles. The Morgan fingerprint density at radius 1 is 1.17 bits per heavy atom. The second-order valence-corrected chi connectivity index (χ2v) is 6.63. The van der Waals surface area contributed by atoms with Crippen LogP contribution in [-0.4, -0.2) is 52.3 Å². The van der Waals surface area contributed by atoms with Crippen molar-refractivity contribution < 1.29 is 19.1 Å². The molecule has 1 amide bonds. The molecule has 9 heteroatoms. The van der Waals surface area contributed by atoms with Crippen molar-refractivity contribution in [2.75, 3.05) is 36.5 Å². The first-order valence-electron chi connectivity index (χ1n) is 9.26. The maximum absolute atomic E-state index is 12.6. The number of ether oxygens (including phenoxy) is 1. The lowest BCUT2D eigenvalue weighted by atomic mass is 10.2. The van der Waals surface area contributed by atoms with E-state index < -0.39 is 12.0 Å². The Balaban J connectivity index is 1.45. The number of aliphatic hydroxyl groups is 1. The number of nitrogens with zero attached hydrogens (tertiary/aromatic N) is 4. The van der Waals surface area contributed by atoms with Gasteiger partial charge >= 0.3 is 0 Å². The number of benzene rings is 1. The molecule has 1 aliphatic rings. The van der Waals surface area contributed by atoms with Crippen LogP contribution in [0.15, 0.2) is 47.4 Å². The molecule has 0 saturated carbocycles. The Morgan fingerprint density at radius 3 is 2.55 bits per heavy atom. The Labute approximate surface area is 167 Å². The minimum absolute atomic E-state index is 0.0186. The Bertz CT molecular complexity index is 968. The molecule has 1 atom stereocenters. The maximum atomic E-state index is 12.6. The predicted octanol–water partition coefficient (Wildman–Crippen LogP) is 1.94. The van der Waals surface area contributed by atoms with Gasteiger partial charge in [0.2, 0.25) is 5.89 Å². The molecule has 9 nitrogen and oxygen atoms in total. The minimum atomic E-state index is -1.15. The van der Waals surface area contributed by atoms with Crippen LogP contribution < -0.4 is 10.2 Å². The topological polar surface area (TPSA) is 114 Å². The van der Waals surface area contributed by atoms with Crippen LogP contribution in [0.3, 0.4) is 0 Å². The van der Waals surface area contributed by atoms with E-state index >= 15 is 0 Å². The SMILES string of the molecule is Cc1oc(C(O)c2cncnc2)nc1C(=O)Nc1ccc(N2CCOCC2)cc1. The van der Waals surface area contributed by atoms with E-state index in [-0.39, 0.29) is 11.6 Å². The fourth-order valence-electron chi connectivity index (χ4n) is 3.11. The standard InChI is InChI=1S/C20H21N5O4/c1-13-17(24-20(29-13)18(26)14-10-21-12-22-11-14)19(27)23-15-2-4-16(5-3-15)25-6-8-28-9-7-25/h2-5,10-12,18,26H,6-9H2,1H3,(H,23,27). The lowest BCUT2D eigenvalue weighted by molar-refractivity contribution is 0.102. The summed E-state index contributed by atoms with van der Waals surface area (Å²) in [5.74, 6) is -0.0726. The van der Waals surface area contributed by atoms with Crippen molar-refractivity contribution in [1.29, 1.82) is 0 Å². The Morgan fingerprint density at radius 2 is 1.86 bits per heavy atom. The van der Waals surface area contributed by atoms with Crippen molar-refractivity contribution in [2.24, 2.45) is 0 Å². The highest BCUT2D eigenvalue weighted by Crippen LogP contribution is 2.24. The van der Waals surface area contributed by atoms with Crippen LogP contribution in [0.2, 0.25) is 0 Å². The van der Waals surface area contributed by atoms with E-state index in [1.54, 1.807) is 6.92 Å². The van der Waals surface area contributed by atoms with Crippen LogP contribution in [0.5, 0.6) is 0 Å². The first kappa shape index (κ1) is 19.0. The van der Waals surface area contributed by atoms with Crippen molar-refractivity contribution >= 4 is 17.3 Å². The van der Waals surface area contributed by atoms with Crippen molar-refractivity contribution in [3.05, 3.63) is 65.9 Å². The zero-order chi connectivity index (χ0) is 20.2. The smallest absolute Gasteiger partial charge is 0.277 e. The Hall–Kier alpha value is -3.30. The minimum Gasteiger partial charge on any atom is -0.442 e. The number of hydrogen-bond acceptors (Lipinski definition) is 8. The molecule has 1 saturated heterocycles. The number of anilines is 2. The predicted molar refractivity (Wildman–Crippen MR) is 105 cm³/mol. The summed E-state index contributed by atoms with van der Waals surface area (Å²) in [4.78, 5) is 26.8. The summed E-state index contributed by atoms with van der Waals surface area (Å²) in [6.07, 6.45) is 3.14. The average Bonchev–Trinajstić information content (AvgIpc) is 3.17.